The highest BCUT2D eigenvalue weighted by Gasteiger charge is 2.29. The maximum Gasteiger partial charge on any atom is 0.319 e. The van der Waals surface area contributed by atoms with E-state index >= 15 is 0 Å². The molecule has 0 aliphatic carbocycles. The summed E-state index contributed by atoms with van der Waals surface area (Å²) >= 11 is 0. The second-order valence-electron chi connectivity index (χ2n) is 6.65. The Morgan fingerprint density at radius 2 is 1.80 bits per heavy atom. The number of para-hydroxylation sites is 1. The van der Waals surface area contributed by atoms with Gasteiger partial charge in [0.05, 0.1) is 30.9 Å². The van der Waals surface area contributed by atoms with Gasteiger partial charge in [-0.05, 0) is 24.3 Å². The molecule has 2 aromatic rings. The Labute approximate surface area is 171 Å². The number of aliphatic hydroxyl groups is 1. The van der Waals surface area contributed by atoms with E-state index in [4.69, 9.17) is 4.74 Å². The van der Waals surface area contributed by atoms with Gasteiger partial charge in [0, 0.05) is 11.8 Å². The molecule has 0 unspecified atom stereocenters. The Balaban J connectivity index is 1.56. The summed E-state index contributed by atoms with van der Waals surface area (Å²) in [5, 5.41) is 17.1. The van der Waals surface area contributed by atoms with Gasteiger partial charge in [0.15, 0.2) is 0 Å². The molecule has 0 aromatic heterocycles. The van der Waals surface area contributed by atoms with Gasteiger partial charge in [0.25, 0.3) is 0 Å². The van der Waals surface area contributed by atoms with Gasteiger partial charge in [-0.1, -0.05) is 30.4 Å². The maximum absolute atomic E-state index is 13.7. The Morgan fingerprint density at radius 1 is 1.03 bits per heavy atom. The van der Waals surface area contributed by atoms with Crippen LogP contribution in [0.4, 0.5) is 25.0 Å². The van der Waals surface area contributed by atoms with Crippen LogP contribution in [0.2, 0.25) is 0 Å². The summed E-state index contributed by atoms with van der Waals surface area (Å²) in [7, 11) is 0. The monoisotopic (exact) mass is 417 g/mol. The maximum atomic E-state index is 13.7. The van der Waals surface area contributed by atoms with Gasteiger partial charge in [0.2, 0.25) is 5.91 Å². The van der Waals surface area contributed by atoms with Gasteiger partial charge in [-0.15, -0.1) is 0 Å². The Morgan fingerprint density at radius 3 is 2.53 bits per heavy atom. The lowest BCUT2D eigenvalue weighted by atomic mass is 10.0. The number of carbonyl (C=O) groups is 2. The highest BCUT2D eigenvalue weighted by atomic mass is 19.1. The van der Waals surface area contributed by atoms with Crippen molar-refractivity contribution in [2.45, 2.75) is 24.7 Å². The van der Waals surface area contributed by atoms with Gasteiger partial charge < -0.3 is 25.8 Å². The van der Waals surface area contributed by atoms with Crippen molar-refractivity contribution in [2.75, 3.05) is 17.2 Å². The predicted molar refractivity (Wildman–Crippen MR) is 107 cm³/mol. The van der Waals surface area contributed by atoms with Crippen LogP contribution >= 0.6 is 0 Å². The summed E-state index contributed by atoms with van der Waals surface area (Å²) in [6.07, 6.45) is 1.81. The quantitative estimate of drug-likeness (QED) is 0.543. The van der Waals surface area contributed by atoms with Gasteiger partial charge in [-0.25, -0.2) is 13.6 Å². The number of halogens is 2. The first kappa shape index (κ1) is 21.4. The topological polar surface area (TPSA) is 99.7 Å². The van der Waals surface area contributed by atoms with Gasteiger partial charge >= 0.3 is 6.03 Å². The van der Waals surface area contributed by atoms with Crippen LogP contribution in [0.25, 0.3) is 0 Å². The third-order valence-corrected chi connectivity index (χ3v) is 4.38. The minimum Gasteiger partial charge on any atom is -0.394 e. The highest BCUT2D eigenvalue weighted by molar-refractivity contribution is 5.91. The molecule has 3 amide bonds. The SMILES string of the molecule is O=C(C[C@H]1C=C[C@H](NC(=O)Nc2cc(F)ccc2F)[C@H](CO)O1)Nc1ccccc1. The summed E-state index contributed by atoms with van der Waals surface area (Å²) < 4.78 is 32.6. The first-order valence-electron chi connectivity index (χ1n) is 9.26. The van der Waals surface area contributed by atoms with Crippen molar-refractivity contribution in [1.82, 2.24) is 5.32 Å². The number of urea groups is 1. The van der Waals surface area contributed by atoms with Crippen LogP contribution in [0.15, 0.2) is 60.7 Å². The van der Waals surface area contributed by atoms with Gasteiger partial charge in [-0.2, -0.15) is 0 Å². The number of aliphatic hydroxyl groups excluding tert-OH is 1. The molecule has 3 atom stereocenters. The average molecular weight is 417 g/mol. The lowest BCUT2D eigenvalue weighted by molar-refractivity contribution is -0.120. The van der Waals surface area contributed by atoms with E-state index in [2.05, 4.69) is 16.0 Å². The fourth-order valence-electron chi connectivity index (χ4n) is 2.96. The van der Waals surface area contributed by atoms with E-state index in [0.29, 0.717) is 5.69 Å². The number of hydrogen-bond donors (Lipinski definition) is 4. The molecule has 30 heavy (non-hydrogen) atoms. The molecular weight excluding hydrogens is 396 g/mol. The number of nitrogens with one attached hydrogen (secondary N) is 3. The van der Waals surface area contributed by atoms with E-state index in [9.17, 15) is 23.5 Å². The second kappa shape index (κ2) is 9.95. The first-order valence-corrected chi connectivity index (χ1v) is 9.26. The first-order chi connectivity index (χ1) is 14.4. The minimum atomic E-state index is -0.812. The van der Waals surface area contributed by atoms with Crippen LogP contribution in [0.1, 0.15) is 6.42 Å². The van der Waals surface area contributed by atoms with Crippen molar-refractivity contribution in [2.24, 2.45) is 0 Å². The molecule has 3 rings (SSSR count). The zero-order valence-electron chi connectivity index (χ0n) is 15.8. The van der Waals surface area contributed by atoms with Gasteiger partial charge in [-0.3, -0.25) is 4.79 Å². The van der Waals surface area contributed by atoms with Crippen molar-refractivity contribution in [3.8, 4) is 0 Å². The lowest BCUT2D eigenvalue weighted by Crippen LogP contribution is -2.50. The molecule has 9 heteroatoms. The van der Waals surface area contributed by atoms with Crippen molar-refractivity contribution in [1.29, 1.82) is 0 Å². The molecule has 2 aromatic carbocycles. The second-order valence-corrected chi connectivity index (χ2v) is 6.65. The summed E-state index contributed by atoms with van der Waals surface area (Å²) in [6, 6.07) is 10.1. The van der Waals surface area contributed by atoms with E-state index in [1.807, 2.05) is 6.07 Å². The van der Waals surface area contributed by atoms with Crippen molar-refractivity contribution >= 4 is 23.3 Å². The van der Waals surface area contributed by atoms with Gasteiger partial charge in [0.1, 0.15) is 17.7 Å². The molecule has 4 N–H and O–H groups in total. The lowest BCUT2D eigenvalue weighted by Gasteiger charge is -2.31. The van der Waals surface area contributed by atoms with Crippen LogP contribution in [0.5, 0.6) is 0 Å². The number of ether oxygens (including phenoxy) is 1. The van der Waals surface area contributed by atoms with Crippen molar-refractivity contribution < 1.29 is 28.2 Å². The minimum absolute atomic E-state index is 0.0231. The number of amides is 3. The smallest absolute Gasteiger partial charge is 0.319 e. The number of benzene rings is 2. The van der Waals surface area contributed by atoms with E-state index < -0.39 is 42.5 Å². The largest absolute Gasteiger partial charge is 0.394 e. The van der Waals surface area contributed by atoms with Crippen LogP contribution in [-0.4, -0.2) is 41.9 Å². The molecule has 0 spiro atoms. The zero-order chi connectivity index (χ0) is 21.5. The molecule has 1 heterocycles. The summed E-state index contributed by atoms with van der Waals surface area (Å²) in [5.41, 5.74) is 0.339. The molecule has 1 aliphatic rings. The normalized spacial score (nSPS) is 20.4. The molecular formula is C21H21F2N3O4. The number of carbonyl (C=O) groups excluding carboxylic acids is 2. The molecule has 158 valence electrons. The van der Waals surface area contributed by atoms with E-state index in [1.54, 1.807) is 36.4 Å². The molecule has 0 saturated carbocycles. The molecule has 0 bridgehead atoms. The van der Waals surface area contributed by atoms with E-state index in [0.717, 1.165) is 18.2 Å². The highest BCUT2D eigenvalue weighted by Crippen LogP contribution is 2.18. The van der Waals surface area contributed by atoms with Crippen molar-refractivity contribution in [3.05, 3.63) is 72.3 Å². The number of rotatable bonds is 6. The third-order valence-electron chi connectivity index (χ3n) is 4.38. The molecule has 0 fully saturated rings. The van der Waals surface area contributed by atoms with Crippen LogP contribution in [-0.2, 0) is 9.53 Å². The Kier molecular flexibility index (Phi) is 7.10. The van der Waals surface area contributed by atoms with E-state index in [1.165, 1.54) is 0 Å². The van der Waals surface area contributed by atoms with Crippen LogP contribution < -0.4 is 16.0 Å². The van der Waals surface area contributed by atoms with Crippen molar-refractivity contribution in [3.63, 3.8) is 0 Å². The summed E-state index contributed by atoms with van der Waals surface area (Å²) in [6.45, 7) is -0.416. The molecule has 0 saturated heterocycles. The van der Waals surface area contributed by atoms with E-state index in [-0.39, 0.29) is 18.0 Å². The zero-order valence-corrected chi connectivity index (χ0v) is 15.8. The molecule has 0 radical (unpaired) electrons. The third kappa shape index (κ3) is 5.85. The Bertz CT molecular complexity index is 924. The van der Waals surface area contributed by atoms with Crippen LogP contribution in [0.3, 0.4) is 0 Å². The van der Waals surface area contributed by atoms with Crippen LogP contribution in [0, 0.1) is 11.6 Å². The predicted octanol–water partition coefficient (Wildman–Crippen LogP) is 2.80. The molecule has 7 nitrogen and oxygen atoms in total. The average Bonchev–Trinajstić information content (AvgIpc) is 2.72. The summed E-state index contributed by atoms with van der Waals surface area (Å²) in [4.78, 5) is 24.3. The molecule has 1 aliphatic heterocycles. The standard InChI is InChI=1S/C21H21F2N3O4/c22-13-6-8-16(23)18(10-13)26-21(29)25-17-9-7-15(30-19(17)12-27)11-20(28)24-14-4-2-1-3-5-14/h1-10,15,17,19,27H,11-12H2,(H,24,28)(H2,25,26,29)/t15-,17+,19+/m1/s1. The summed E-state index contributed by atoms with van der Waals surface area (Å²) in [5.74, 6) is -1.75. The Hall–Kier alpha value is -3.30. The fourth-order valence-corrected chi connectivity index (χ4v) is 2.96. The fraction of sp³-hybridized carbons (Fsp3) is 0.238. The number of hydrogen-bond acceptors (Lipinski definition) is 4. The number of anilines is 2.